The summed E-state index contributed by atoms with van der Waals surface area (Å²) in [6.45, 7) is 8.52. The Morgan fingerprint density at radius 1 is 1.26 bits per heavy atom. The van der Waals surface area contributed by atoms with E-state index in [9.17, 15) is 4.79 Å². The summed E-state index contributed by atoms with van der Waals surface area (Å²) in [6, 6.07) is 5.19. The van der Waals surface area contributed by atoms with E-state index in [1.165, 1.54) is 0 Å². The Labute approximate surface area is 119 Å². The number of nitrogen functional groups attached to an aromatic ring is 1. The summed E-state index contributed by atoms with van der Waals surface area (Å²) in [6.07, 6.45) is 0. The molecule has 1 aliphatic rings. The van der Waals surface area contributed by atoms with Crippen molar-refractivity contribution in [2.24, 2.45) is 16.7 Å². The van der Waals surface area contributed by atoms with E-state index < -0.39 is 0 Å². The van der Waals surface area contributed by atoms with Gasteiger partial charge < -0.3 is 10.6 Å². The third-order valence-corrected chi connectivity index (χ3v) is 5.19. The number of carbonyl (C=O) groups is 1. The zero-order valence-electron chi connectivity index (χ0n) is 12.1. The topological polar surface area (TPSA) is 46.3 Å². The maximum Gasteiger partial charge on any atom is 0.231 e. The monoisotopic (exact) mass is 280 g/mol. The van der Waals surface area contributed by atoms with E-state index in [1.807, 2.05) is 0 Å². The molecule has 1 amide bonds. The molecular weight excluding hydrogens is 260 g/mol. The molecule has 0 aromatic heterocycles. The van der Waals surface area contributed by atoms with Crippen molar-refractivity contribution in [3.63, 3.8) is 0 Å². The number of carbonyl (C=O) groups excluding carboxylic acids is 1. The largest absolute Gasteiger partial charge is 0.397 e. The summed E-state index contributed by atoms with van der Waals surface area (Å²) in [7, 11) is 1.76. The fourth-order valence-corrected chi connectivity index (χ4v) is 3.10. The van der Waals surface area contributed by atoms with Crippen LogP contribution in [-0.2, 0) is 4.79 Å². The Morgan fingerprint density at radius 3 is 2.26 bits per heavy atom. The summed E-state index contributed by atoms with van der Waals surface area (Å²) in [4.78, 5) is 14.3. The van der Waals surface area contributed by atoms with E-state index in [0.29, 0.717) is 16.4 Å². The van der Waals surface area contributed by atoms with Gasteiger partial charge in [0.05, 0.1) is 11.4 Å². The van der Waals surface area contributed by atoms with Crippen LogP contribution in [0.25, 0.3) is 0 Å². The summed E-state index contributed by atoms with van der Waals surface area (Å²) >= 11 is 5.98. The standard InChI is InChI=1S/C15H21ClN2O/c1-14(2)12(15(14,3)4)13(19)18(5)11-8-9(16)6-7-10(11)17/h6-8,12H,17H2,1-5H3. The van der Waals surface area contributed by atoms with Gasteiger partial charge in [0.1, 0.15) is 0 Å². The molecule has 0 unspecified atom stereocenters. The minimum atomic E-state index is 0.0170. The van der Waals surface area contributed by atoms with Crippen LogP contribution in [0.1, 0.15) is 27.7 Å². The van der Waals surface area contributed by atoms with Gasteiger partial charge in [-0.15, -0.1) is 0 Å². The van der Waals surface area contributed by atoms with Crippen molar-refractivity contribution in [1.29, 1.82) is 0 Å². The number of nitrogens with two attached hydrogens (primary N) is 1. The SMILES string of the molecule is CN(C(=O)C1C(C)(C)C1(C)C)c1cc(Cl)ccc1N. The number of hydrogen-bond acceptors (Lipinski definition) is 2. The first kappa shape index (κ1) is 14.2. The van der Waals surface area contributed by atoms with E-state index in [1.54, 1.807) is 30.1 Å². The molecule has 104 valence electrons. The third-order valence-electron chi connectivity index (χ3n) is 4.95. The van der Waals surface area contributed by atoms with Crippen LogP contribution in [0.5, 0.6) is 0 Å². The Morgan fingerprint density at radius 2 is 1.79 bits per heavy atom. The predicted octanol–water partition coefficient (Wildman–Crippen LogP) is 3.57. The van der Waals surface area contributed by atoms with Gasteiger partial charge in [-0.05, 0) is 29.0 Å². The maximum atomic E-state index is 12.6. The fourth-order valence-electron chi connectivity index (χ4n) is 2.93. The van der Waals surface area contributed by atoms with Crippen molar-refractivity contribution >= 4 is 28.9 Å². The minimum absolute atomic E-state index is 0.0170. The van der Waals surface area contributed by atoms with Gasteiger partial charge in [0.25, 0.3) is 0 Å². The first-order valence-corrected chi connectivity index (χ1v) is 6.81. The number of hydrogen-bond donors (Lipinski definition) is 1. The minimum Gasteiger partial charge on any atom is -0.397 e. The molecule has 1 aromatic rings. The molecule has 0 radical (unpaired) electrons. The molecule has 0 saturated heterocycles. The zero-order chi connectivity index (χ0) is 14.6. The normalized spacial score (nSPS) is 20.1. The lowest BCUT2D eigenvalue weighted by Gasteiger charge is -2.20. The highest BCUT2D eigenvalue weighted by molar-refractivity contribution is 6.31. The first-order chi connectivity index (χ1) is 8.60. The van der Waals surface area contributed by atoms with Crippen LogP contribution in [0.15, 0.2) is 18.2 Å². The van der Waals surface area contributed by atoms with Crippen LogP contribution in [0, 0.1) is 16.7 Å². The lowest BCUT2D eigenvalue weighted by atomic mass is 10.0. The van der Waals surface area contributed by atoms with Gasteiger partial charge in [-0.1, -0.05) is 39.3 Å². The number of amides is 1. The molecule has 0 atom stereocenters. The van der Waals surface area contributed by atoms with Gasteiger partial charge in [0.15, 0.2) is 0 Å². The molecule has 3 nitrogen and oxygen atoms in total. The molecular formula is C15H21ClN2O. The second-order valence-corrected chi connectivity index (χ2v) is 6.91. The molecule has 1 fully saturated rings. The third kappa shape index (κ3) is 2.00. The Balaban J connectivity index is 2.29. The van der Waals surface area contributed by atoms with Crippen LogP contribution in [0.4, 0.5) is 11.4 Å². The molecule has 0 aliphatic heterocycles. The number of halogens is 1. The predicted molar refractivity (Wildman–Crippen MR) is 80.3 cm³/mol. The van der Waals surface area contributed by atoms with Crippen LogP contribution in [-0.4, -0.2) is 13.0 Å². The highest BCUT2D eigenvalue weighted by Gasteiger charge is 2.68. The number of rotatable bonds is 2. The number of benzene rings is 1. The smallest absolute Gasteiger partial charge is 0.231 e. The van der Waals surface area contributed by atoms with Crippen molar-refractivity contribution in [3.05, 3.63) is 23.2 Å². The summed E-state index contributed by atoms with van der Waals surface area (Å²) < 4.78 is 0. The molecule has 19 heavy (non-hydrogen) atoms. The maximum absolute atomic E-state index is 12.6. The molecule has 0 spiro atoms. The van der Waals surface area contributed by atoms with Crippen molar-refractivity contribution in [2.75, 3.05) is 17.7 Å². The summed E-state index contributed by atoms with van der Waals surface area (Å²) in [5, 5.41) is 0.582. The Hall–Kier alpha value is -1.22. The Bertz CT molecular complexity index is 523. The average molecular weight is 281 g/mol. The van der Waals surface area contributed by atoms with Crippen LogP contribution < -0.4 is 10.6 Å². The molecule has 1 aliphatic carbocycles. The number of nitrogens with zero attached hydrogens (tertiary/aromatic N) is 1. The second-order valence-electron chi connectivity index (χ2n) is 6.48. The summed E-state index contributed by atoms with van der Waals surface area (Å²) in [5.41, 5.74) is 7.21. The van der Waals surface area contributed by atoms with Gasteiger partial charge in [-0.25, -0.2) is 0 Å². The van der Waals surface area contributed by atoms with Gasteiger partial charge in [-0.2, -0.15) is 0 Å². The molecule has 2 rings (SSSR count). The highest BCUT2D eigenvalue weighted by atomic mass is 35.5. The van der Waals surface area contributed by atoms with Crippen molar-refractivity contribution in [2.45, 2.75) is 27.7 Å². The second kappa shape index (κ2) is 4.14. The highest BCUT2D eigenvalue weighted by Crippen LogP contribution is 2.68. The van der Waals surface area contributed by atoms with E-state index in [0.717, 1.165) is 0 Å². The Kier molecular flexibility index (Phi) is 3.09. The van der Waals surface area contributed by atoms with E-state index in [-0.39, 0.29) is 22.7 Å². The van der Waals surface area contributed by atoms with E-state index in [4.69, 9.17) is 17.3 Å². The van der Waals surface area contributed by atoms with Crippen molar-refractivity contribution in [3.8, 4) is 0 Å². The van der Waals surface area contributed by atoms with Gasteiger partial charge >= 0.3 is 0 Å². The van der Waals surface area contributed by atoms with Gasteiger partial charge in [0.2, 0.25) is 5.91 Å². The first-order valence-electron chi connectivity index (χ1n) is 6.43. The van der Waals surface area contributed by atoms with Gasteiger partial charge in [-0.3, -0.25) is 4.79 Å². The molecule has 4 heteroatoms. The fraction of sp³-hybridized carbons (Fsp3) is 0.533. The lowest BCUT2D eigenvalue weighted by Crippen LogP contribution is -2.30. The molecule has 1 saturated carbocycles. The van der Waals surface area contributed by atoms with Crippen LogP contribution in [0.3, 0.4) is 0 Å². The van der Waals surface area contributed by atoms with Crippen molar-refractivity contribution < 1.29 is 4.79 Å². The average Bonchev–Trinajstić information content (AvgIpc) is 2.71. The molecule has 0 heterocycles. The van der Waals surface area contributed by atoms with E-state index >= 15 is 0 Å². The lowest BCUT2D eigenvalue weighted by molar-refractivity contribution is -0.120. The zero-order valence-corrected chi connectivity index (χ0v) is 12.9. The van der Waals surface area contributed by atoms with Crippen LogP contribution >= 0.6 is 11.6 Å². The quantitative estimate of drug-likeness (QED) is 0.842. The molecule has 1 aromatic carbocycles. The van der Waals surface area contributed by atoms with Gasteiger partial charge in [0, 0.05) is 18.0 Å². The molecule has 2 N–H and O–H groups in total. The van der Waals surface area contributed by atoms with E-state index in [2.05, 4.69) is 27.7 Å². The summed E-state index contributed by atoms with van der Waals surface area (Å²) in [5.74, 6) is 0.118. The van der Waals surface area contributed by atoms with Crippen molar-refractivity contribution in [1.82, 2.24) is 0 Å². The number of anilines is 2. The van der Waals surface area contributed by atoms with Crippen LogP contribution in [0.2, 0.25) is 5.02 Å². The molecule has 0 bridgehead atoms.